The lowest BCUT2D eigenvalue weighted by Crippen LogP contribution is -2.48. The zero-order valence-corrected chi connectivity index (χ0v) is 16.6. The van der Waals surface area contributed by atoms with Crippen molar-refractivity contribution < 1.29 is 9.53 Å². The number of carbonyl (C=O) groups is 1. The first-order chi connectivity index (χ1) is 13.1. The highest BCUT2D eigenvalue weighted by molar-refractivity contribution is 5.95. The van der Waals surface area contributed by atoms with Crippen LogP contribution >= 0.6 is 0 Å². The van der Waals surface area contributed by atoms with Crippen molar-refractivity contribution in [3.63, 3.8) is 0 Å². The third-order valence-electron chi connectivity index (χ3n) is 5.03. The fourth-order valence-electron chi connectivity index (χ4n) is 3.68. The number of anilines is 1. The summed E-state index contributed by atoms with van der Waals surface area (Å²) in [7, 11) is 0. The molecular weight excluding hydrogens is 340 g/mol. The van der Waals surface area contributed by atoms with Crippen molar-refractivity contribution in [2.75, 3.05) is 31.6 Å². The van der Waals surface area contributed by atoms with Crippen LogP contribution in [0.25, 0.3) is 5.69 Å². The topological polar surface area (TPSA) is 59.4 Å². The molecular formula is C21H30N4O2. The summed E-state index contributed by atoms with van der Waals surface area (Å²) in [6.45, 7) is 9.18. The van der Waals surface area contributed by atoms with E-state index in [-0.39, 0.29) is 11.9 Å². The molecule has 1 saturated heterocycles. The molecule has 1 aliphatic heterocycles. The fraction of sp³-hybridized carbons (Fsp3) is 0.524. The zero-order valence-electron chi connectivity index (χ0n) is 16.6. The average molecular weight is 370 g/mol. The van der Waals surface area contributed by atoms with Crippen LogP contribution in [0.5, 0.6) is 0 Å². The predicted octanol–water partition coefficient (Wildman–Crippen LogP) is 3.32. The molecule has 0 bridgehead atoms. The Kier molecular flexibility index (Phi) is 6.63. The second-order valence-electron chi connectivity index (χ2n) is 7.12. The number of hydrogen-bond acceptors (Lipinski definition) is 4. The van der Waals surface area contributed by atoms with Crippen LogP contribution < -0.4 is 5.32 Å². The smallest absolute Gasteiger partial charge is 0.241 e. The molecule has 1 atom stereocenters. The van der Waals surface area contributed by atoms with Crippen LogP contribution in [0, 0.1) is 13.8 Å². The van der Waals surface area contributed by atoms with Crippen molar-refractivity contribution in [1.29, 1.82) is 0 Å². The summed E-state index contributed by atoms with van der Waals surface area (Å²) in [5.74, 6) is 0.0741. The number of nitrogens with zero attached hydrogens (tertiary/aromatic N) is 3. The van der Waals surface area contributed by atoms with Crippen LogP contribution in [-0.2, 0) is 9.53 Å². The molecule has 1 N–H and O–H groups in total. The van der Waals surface area contributed by atoms with Crippen molar-refractivity contribution in [3.8, 4) is 5.69 Å². The van der Waals surface area contributed by atoms with Gasteiger partial charge in [0.25, 0.3) is 0 Å². The maximum Gasteiger partial charge on any atom is 0.241 e. The first-order valence-electron chi connectivity index (χ1n) is 9.85. The van der Waals surface area contributed by atoms with Gasteiger partial charge in [-0.3, -0.25) is 9.69 Å². The highest BCUT2D eigenvalue weighted by atomic mass is 16.5. The first-order valence-corrected chi connectivity index (χ1v) is 9.85. The normalized spacial score (nSPS) is 17.8. The van der Waals surface area contributed by atoms with Gasteiger partial charge in [0, 0.05) is 24.5 Å². The Labute approximate surface area is 161 Å². The highest BCUT2D eigenvalue weighted by Gasteiger charge is 2.28. The van der Waals surface area contributed by atoms with Crippen LogP contribution in [0.3, 0.4) is 0 Å². The SMILES string of the molecule is CCOCCN1CCCCC1C(=O)Nc1ccc(-n2nc(C)cc2C)cc1. The maximum absolute atomic E-state index is 12.8. The number of aromatic nitrogens is 2. The number of hydrogen-bond donors (Lipinski definition) is 1. The number of likely N-dealkylation sites (tertiary alicyclic amines) is 1. The number of nitrogens with one attached hydrogen (secondary N) is 1. The second-order valence-corrected chi connectivity index (χ2v) is 7.12. The van der Waals surface area contributed by atoms with Gasteiger partial charge in [0.05, 0.1) is 24.0 Å². The monoisotopic (exact) mass is 370 g/mol. The molecule has 27 heavy (non-hydrogen) atoms. The quantitative estimate of drug-likeness (QED) is 0.760. The molecule has 0 saturated carbocycles. The zero-order chi connectivity index (χ0) is 19.2. The minimum Gasteiger partial charge on any atom is -0.380 e. The van der Waals surface area contributed by atoms with E-state index in [0.29, 0.717) is 13.2 Å². The van der Waals surface area contributed by atoms with Gasteiger partial charge in [-0.05, 0) is 70.5 Å². The van der Waals surface area contributed by atoms with Crippen LogP contribution in [-0.4, -0.2) is 52.9 Å². The summed E-state index contributed by atoms with van der Waals surface area (Å²) in [5, 5.41) is 7.58. The Balaban J connectivity index is 1.63. The predicted molar refractivity (Wildman–Crippen MR) is 107 cm³/mol. The Hall–Kier alpha value is -2.18. The summed E-state index contributed by atoms with van der Waals surface area (Å²) in [6, 6.07) is 9.84. The van der Waals surface area contributed by atoms with Crippen LogP contribution in [0.15, 0.2) is 30.3 Å². The van der Waals surface area contributed by atoms with Gasteiger partial charge in [0.15, 0.2) is 0 Å². The molecule has 0 spiro atoms. The van der Waals surface area contributed by atoms with Crippen LogP contribution in [0.2, 0.25) is 0 Å². The standard InChI is InChI=1S/C21H30N4O2/c1-4-27-14-13-24-12-6-5-7-20(24)21(26)22-18-8-10-19(11-9-18)25-17(3)15-16(2)23-25/h8-11,15,20H,4-7,12-14H2,1-3H3,(H,22,26). The third kappa shape index (κ3) is 4.96. The molecule has 1 unspecified atom stereocenters. The third-order valence-corrected chi connectivity index (χ3v) is 5.03. The van der Waals surface area contributed by atoms with E-state index in [1.807, 2.05) is 49.7 Å². The lowest BCUT2D eigenvalue weighted by Gasteiger charge is -2.34. The lowest BCUT2D eigenvalue weighted by atomic mass is 10.0. The largest absolute Gasteiger partial charge is 0.380 e. The molecule has 3 rings (SSSR count). The molecule has 0 aliphatic carbocycles. The van der Waals surface area contributed by atoms with E-state index < -0.39 is 0 Å². The summed E-state index contributed by atoms with van der Waals surface area (Å²) >= 11 is 0. The lowest BCUT2D eigenvalue weighted by molar-refractivity contribution is -0.122. The molecule has 6 heteroatoms. The van der Waals surface area contributed by atoms with E-state index in [1.54, 1.807) is 0 Å². The van der Waals surface area contributed by atoms with Crippen molar-refractivity contribution in [2.45, 2.75) is 46.1 Å². The molecule has 6 nitrogen and oxygen atoms in total. The van der Waals surface area contributed by atoms with E-state index in [0.717, 1.165) is 55.1 Å². The molecule has 2 aromatic rings. The highest BCUT2D eigenvalue weighted by Crippen LogP contribution is 2.20. The van der Waals surface area contributed by atoms with Gasteiger partial charge < -0.3 is 10.1 Å². The summed E-state index contributed by atoms with van der Waals surface area (Å²) in [6.07, 6.45) is 3.15. The minimum atomic E-state index is -0.0742. The Morgan fingerprint density at radius 1 is 1.26 bits per heavy atom. The fourth-order valence-corrected chi connectivity index (χ4v) is 3.68. The summed E-state index contributed by atoms with van der Waals surface area (Å²) in [5.41, 5.74) is 3.90. The van der Waals surface area contributed by atoms with Gasteiger partial charge in [0.1, 0.15) is 0 Å². The molecule has 1 aliphatic rings. The van der Waals surface area contributed by atoms with Gasteiger partial charge in [-0.1, -0.05) is 6.42 Å². The molecule has 2 heterocycles. The number of rotatable bonds is 7. The maximum atomic E-state index is 12.8. The molecule has 1 fully saturated rings. The van der Waals surface area contributed by atoms with Gasteiger partial charge >= 0.3 is 0 Å². The number of ether oxygens (including phenoxy) is 1. The molecule has 1 aromatic carbocycles. The Bertz CT molecular complexity index is 754. The molecule has 146 valence electrons. The van der Waals surface area contributed by atoms with Crippen molar-refractivity contribution in [1.82, 2.24) is 14.7 Å². The number of carbonyl (C=O) groups excluding carboxylic acids is 1. The van der Waals surface area contributed by atoms with Crippen molar-refractivity contribution in [2.24, 2.45) is 0 Å². The Morgan fingerprint density at radius 2 is 2.04 bits per heavy atom. The van der Waals surface area contributed by atoms with Crippen LogP contribution in [0.4, 0.5) is 5.69 Å². The number of aryl methyl sites for hydroxylation is 2. The van der Waals surface area contributed by atoms with E-state index in [9.17, 15) is 4.79 Å². The first kappa shape index (κ1) is 19.6. The van der Waals surface area contributed by atoms with Crippen molar-refractivity contribution in [3.05, 3.63) is 41.7 Å². The molecule has 0 radical (unpaired) electrons. The van der Waals surface area contributed by atoms with E-state index >= 15 is 0 Å². The van der Waals surface area contributed by atoms with Gasteiger partial charge in [-0.15, -0.1) is 0 Å². The van der Waals surface area contributed by atoms with Crippen molar-refractivity contribution >= 4 is 11.6 Å². The second kappa shape index (κ2) is 9.15. The number of amides is 1. The molecule has 1 amide bonds. The molecule has 1 aromatic heterocycles. The van der Waals surface area contributed by atoms with Crippen LogP contribution in [0.1, 0.15) is 37.6 Å². The number of benzene rings is 1. The van der Waals surface area contributed by atoms with Gasteiger partial charge in [-0.2, -0.15) is 5.10 Å². The minimum absolute atomic E-state index is 0.0741. The van der Waals surface area contributed by atoms with Gasteiger partial charge in [0.2, 0.25) is 5.91 Å². The number of piperidine rings is 1. The van der Waals surface area contributed by atoms with Gasteiger partial charge in [-0.25, -0.2) is 4.68 Å². The average Bonchev–Trinajstić information content (AvgIpc) is 3.01. The Morgan fingerprint density at radius 3 is 2.70 bits per heavy atom. The van der Waals surface area contributed by atoms with E-state index in [4.69, 9.17) is 4.74 Å². The van der Waals surface area contributed by atoms with E-state index in [1.165, 1.54) is 0 Å². The summed E-state index contributed by atoms with van der Waals surface area (Å²) in [4.78, 5) is 15.1. The van der Waals surface area contributed by atoms with E-state index in [2.05, 4.69) is 21.4 Å². The summed E-state index contributed by atoms with van der Waals surface area (Å²) < 4.78 is 7.38.